The van der Waals surface area contributed by atoms with Crippen molar-refractivity contribution in [2.45, 2.75) is 76.0 Å². The van der Waals surface area contributed by atoms with E-state index in [-0.39, 0.29) is 47.8 Å². The van der Waals surface area contributed by atoms with Crippen molar-refractivity contribution in [2.24, 2.45) is 17.0 Å². The van der Waals surface area contributed by atoms with E-state index in [2.05, 4.69) is 5.18 Å². The summed E-state index contributed by atoms with van der Waals surface area (Å²) in [5, 5.41) is 25.3. The summed E-state index contributed by atoms with van der Waals surface area (Å²) in [5.74, 6) is 0.299. The zero-order valence-corrected chi connectivity index (χ0v) is 23.6. The zero-order valence-electron chi connectivity index (χ0n) is 22.8. The lowest BCUT2D eigenvalue weighted by Gasteiger charge is -2.37. The number of fused-ring (bicyclic) bond motifs is 1. The van der Waals surface area contributed by atoms with Gasteiger partial charge in [0, 0.05) is 13.1 Å². The summed E-state index contributed by atoms with van der Waals surface area (Å²) in [7, 11) is -4.05. The van der Waals surface area contributed by atoms with Crippen molar-refractivity contribution in [3.8, 4) is 0 Å². The standard InChI is InChI=1S/C28H37N3O8S/c1-19(2)16-30(40(36,37)22-10-8-21(9-11-22)15-29-35)17-26(32)24(14-20-6-4-3-5-7-20)31(28(33)34)25-18-39-27-23(25)12-13-38-27/h8-13,18-20,24,26,32H,3-7,14-17H2,1-2H3,(H,33,34)/t24-,26+/m0/s1. The molecule has 0 aliphatic heterocycles. The molecule has 0 radical (unpaired) electrons. The number of hydrogen-bond acceptors (Lipinski definition) is 8. The molecule has 12 heteroatoms. The van der Waals surface area contributed by atoms with Gasteiger partial charge in [-0.1, -0.05) is 63.3 Å². The van der Waals surface area contributed by atoms with Gasteiger partial charge in [-0.05, 0) is 42.0 Å². The van der Waals surface area contributed by atoms with Crippen LogP contribution < -0.4 is 4.90 Å². The fourth-order valence-electron chi connectivity index (χ4n) is 5.56. The van der Waals surface area contributed by atoms with E-state index in [0.717, 1.165) is 37.0 Å². The number of rotatable bonds is 13. The Morgan fingerprint density at radius 3 is 2.40 bits per heavy atom. The van der Waals surface area contributed by atoms with Crippen LogP contribution in [0.5, 0.6) is 0 Å². The van der Waals surface area contributed by atoms with Gasteiger partial charge in [-0.2, -0.15) is 9.21 Å². The third-order valence-corrected chi connectivity index (χ3v) is 9.34. The summed E-state index contributed by atoms with van der Waals surface area (Å²) in [6.45, 7) is 3.50. The number of aliphatic hydroxyl groups is 1. The second kappa shape index (κ2) is 13.0. The van der Waals surface area contributed by atoms with Gasteiger partial charge < -0.3 is 19.0 Å². The monoisotopic (exact) mass is 575 g/mol. The Kier molecular flexibility index (Phi) is 9.64. The molecule has 1 saturated carbocycles. The average Bonchev–Trinajstić information content (AvgIpc) is 3.54. The molecule has 4 rings (SSSR count). The topological polar surface area (TPSA) is 154 Å². The molecule has 1 amide bonds. The number of anilines is 1. The molecule has 1 aliphatic rings. The van der Waals surface area contributed by atoms with Crippen LogP contribution in [0.3, 0.4) is 0 Å². The molecule has 0 unspecified atom stereocenters. The minimum absolute atomic E-state index is 0.0175. The molecule has 218 valence electrons. The minimum atomic E-state index is -4.05. The van der Waals surface area contributed by atoms with Gasteiger partial charge in [0.2, 0.25) is 10.0 Å². The van der Waals surface area contributed by atoms with Crippen molar-refractivity contribution in [2.75, 3.05) is 18.0 Å². The van der Waals surface area contributed by atoms with E-state index >= 15 is 0 Å². The van der Waals surface area contributed by atoms with Gasteiger partial charge in [-0.3, -0.25) is 4.90 Å². The first kappa shape index (κ1) is 29.8. The van der Waals surface area contributed by atoms with Gasteiger partial charge >= 0.3 is 6.09 Å². The number of benzene rings is 1. The van der Waals surface area contributed by atoms with Crippen molar-refractivity contribution >= 4 is 33.0 Å². The molecule has 1 fully saturated rings. The van der Waals surface area contributed by atoms with E-state index in [9.17, 15) is 28.3 Å². The normalized spacial score (nSPS) is 16.4. The molecule has 0 saturated heterocycles. The van der Waals surface area contributed by atoms with Gasteiger partial charge in [0.15, 0.2) is 0 Å². The highest BCUT2D eigenvalue weighted by molar-refractivity contribution is 7.89. The van der Waals surface area contributed by atoms with Crippen LogP contribution in [0.25, 0.3) is 11.2 Å². The van der Waals surface area contributed by atoms with Crippen molar-refractivity contribution in [1.82, 2.24) is 4.31 Å². The van der Waals surface area contributed by atoms with Crippen LogP contribution in [-0.4, -0.2) is 54.3 Å². The first-order valence-electron chi connectivity index (χ1n) is 13.6. The maximum Gasteiger partial charge on any atom is 0.412 e. The molecule has 1 aliphatic carbocycles. The number of aliphatic hydroxyl groups excluding tert-OH is 1. The van der Waals surface area contributed by atoms with E-state index in [4.69, 9.17) is 8.83 Å². The number of hydrogen-bond donors (Lipinski definition) is 2. The van der Waals surface area contributed by atoms with E-state index in [1.54, 1.807) is 6.07 Å². The Morgan fingerprint density at radius 1 is 1.07 bits per heavy atom. The molecule has 2 N–H and O–H groups in total. The molecule has 3 aromatic rings. The highest BCUT2D eigenvalue weighted by Gasteiger charge is 2.38. The third kappa shape index (κ3) is 6.73. The molecule has 40 heavy (non-hydrogen) atoms. The predicted molar refractivity (Wildman–Crippen MR) is 150 cm³/mol. The lowest BCUT2D eigenvalue weighted by molar-refractivity contribution is 0.0962. The first-order chi connectivity index (χ1) is 19.1. The Bertz CT molecular complexity index is 1380. The smallest absolute Gasteiger partial charge is 0.412 e. The Labute approximate surface area is 233 Å². The number of nitroso groups, excluding NO2 is 1. The largest absolute Gasteiger partial charge is 0.465 e. The van der Waals surface area contributed by atoms with Crippen molar-refractivity contribution < 1.29 is 32.3 Å². The minimum Gasteiger partial charge on any atom is -0.465 e. The number of furan rings is 2. The number of carboxylic acid groups (broad SMARTS) is 1. The Balaban J connectivity index is 1.68. The fraction of sp³-hybridized carbons (Fsp3) is 0.536. The SMILES string of the molecule is CC(C)CN(C[C@@H](O)[C@H](CC1CCCCC1)N(C(=O)O)c1coc2occc12)S(=O)(=O)c1ccc(CN=O)cc1. The van der Waals surface area contributed by atoms with E-state index < -0.39 is 28.3 Å². The van der Waals surface area contributed by atoms with Crippen LogP contribution in [0.1, 0.15) is 57.9 Å². The molecule has 1 aromatic carbocycles. The molecule has 0 spiro atoms. The first-order valence-corrected chi connectivity index (χ1v) is 15.1. The van der Waals surface area contributed by atoms with Crippen LogP contribution in [0.4, 0.5) is 10.5 Å². The highest BCUT2D eigenvalue weighted by Crippen LogP contribution is 2.36. The molecule has 0 bridgehead atoms. The molecular weight excluding hydrogens is 538 g/mol. The number of amides is 1. The van der Waals surface area contributed by atoms with Gasteiger partial charge in [0.1, 0.15) is 12.8 Å². The highest BCUT2D eigenvalue weighted by atomic mass is 32.2. The summed E-state index contributed by atoms with van der Waals surface area (Å²) in [6.07, 6.45) is 5.47. The lowest BCUT2D eigenvalue weighted by atomic mass is 9.83. The number of nitrogens with zero attached hydrogens (tertiary/aromatic N) is 3. The van der Waals surface area contributed by atoms with Gasteiger partial charge in [-0.15, -0.1) is 0 Å². The quantitative estimate of drug-likeness (QED) is 0.242. The van der Waals surface area contributed by atoms with E-state index in [0.29, 0.717) is 17.4 Å². The van der Waals surface area contributed by atoms with Crippen molar-refractivity contribution in [1.29, 1.82) is 0 Å². The molecule has 11 nitrogen and oxygen atoms in total. The predicted octanol–water partition coefficient (Wildman–Crippen LogP) is 5.82. The molecular formula is C28H37N3O8S. The van der Waals surface area contributed by atoms with Gasteiger partial charge in [0.05, 0.1) is 34.4 Å². The number of carbonyl (C=O) groups is 1. The van der Waals surface area contributed by atoms with E-state index in [1.807, 2.05) is 13.8 Å². The van der Waals surface area contributed by atoms with Crippen molar-refractivity contribution in [3.05, 3.63) is 53.3 Å². The van der Waals surface area contributed by atoms with Crippen LogP contribution >= 0.6 is 0 Å². The summed E-state index contributed by atoms with van der Waals surface area (Å²) in [5.41, 5.74) is 0.827. The average molecular weight is 576 g/mol. The Hall–Kier alpha value is -3.22. The van der Waals surface area contributed by atoms with Crippen molar-refractivity contribution in [3.63, 3.8) is 0 Å². The maximum atomic E-state index is 13.7. The summed E-state index contributed by atoms with van der Waals surface area (Å²) >= 11 is 0. The molecule has 2 aromatic heterocycles. The second-order valence-corrected chi connectivity index (χ2v) is 12.9. The Morgan fingerprint density at radius 2 is 1.77 bits per heavy atom. The molecule has 2 atom stereocenters. The molecule has 2 heterocycles. The second-order valence-electron chi connectivity index (χ2n) is 10.9. The van der Waals surface area contributed by atoms with Crippen LogP contribution in [0.15, 0.2) is 61.8 Å². The third-order valence-electron chi connectivity index (χ3n) is 7.49. The summed E-state index contributed by atoms with van der Waals surface area (Å²) in [6, 6.07) is 6.58. The lowest BCUT2D eigenvalue weighted by Crippen LogP contribution is -2.52. The van der Waals surface area contributed by atoms with Crippen LogP contribution in [-0.2, 0) is 16.6 Å². The number of sulfonamides is 1. The van der Waals surface area contributed by atoms with Gasteiger partial charge in [0.25, 0.3) is 5.78 Å². The van der Waals surface area contributed by atoms with Crippen LogP contribution in [0.2, 0.25) is 0 Å². The maximum absolute atomic E-state index is 13.7. The summed E-state index contributed by atoms with van der Waals surface area (Å²) in [4.78, 5) is 24.4. The van der Waals surface area contributed by atoms with Crippen LogP contribution in [0, 0.1) is 16.7 Å². The zero-order chi connectivity index (χ0) is 28.9. The van der Waals surface area contributed by atoms with Gasteiger partial charge in [-0.25, -0.2) is 13.2 Å². The summed E-state index contributed by atoms with van der Waals surface area (Å²) < 4.78 is 39.4. The van der Waals surface area contributed by atoms with E-state index in [1.165, 1.54) is 41.1 Å². The fourth-order valence-corrected chi connectivity index (χ4v) is 7.18.